The lowest BCUT2D eigenvalue weighted by atomic mass is 10.0. The Bertz CT molecular complexity index is 1210. The molecule has 0 aliphatic rings. The molecule has 1 unspecified atom stereocenters. The van der Waals surface area contributed by atoms with Gasteiger partial charge in [-0.15, -0.1) is 0 Å². The van der Waals surface area contributed by atoms with E-state index in [1.807, 2.05) is 32.0 Å². The third kappa shape index (κ3) is 7.95. The van der Waals surface area contributed by atoms with Gasteiger partial charge < -0.3 is 15.4 Å². The molecular formula is C27H27ClN4O4. The molecule has 0 heterocycles. The highest BCUT2D eigenvalue weighted by atomic mass is 35.5. The number of rotatable bonds is 10. The van der Waals surface area contributed by atoms with Crippen molar-refractivity contribution >= 4 is 41.2 Å². The Hall–Kier alpha value is -4.17. The van der Waals surface area contributed by atoms with Gasteiger partial charge in [0, 0.05) is 5.69 Å². The summed E-state index contributed by atoms with van der Waals surface area (Å²) in [6.45, 7) is 3.51. The van der Waals surface area contributed by atoms with Crippen LogP contribution in [-0.4, -0.2) is 36.6 Å². The predicted octanol–water partition coefficient (Wildman–Crippen LogP) is 4.26. The summed E-state index contributed by atoms with van der Waals surface area (Å²) in [5.41, 5.74) is 4.16. The summed E-state index contributed by atoms with van der Waals surface area (Å²) in [5, 5.41) is 9.75. The minimum Gasteiger partial charge on any atom is -0.484 e. The van der Waals surface area contributed by atoms with Crippen molar-refractivity contribution in [1.82, 2.24) is 10.7 Å². The van der Waals surface area contributed by atoms with E-state index in [1.165, 1.54) is 6.21 Å². The second kappa shape index (κ2) is 13.1. The van der Waals surface area contributed by atoms with Crippen LogP contribution in [0.2, 0.25) is 5.02 Å². The van der Waals surface area contributed by atoms with Gasteiger partial charge in [0.2, 0.25) is 0 Å². The molecule has 0 aliphatic carbocycles. The molecule has 1 atom stereocenters. The number of carbonyl (C=O) groups is 3. The van der Waals surface area contributed by atoms with Gasteiger partial charge in [-0.3, -0.25) is 14.4 Å². The molecule has 0 aliphatic heterocycles. The minimum absolute atomic E-state index is 0.130. The lowest BCUT2D eigenvalue weighted by molar-refractivity contribution is -0.124. The highest BCUT2D eigenvalue weighted by molar-refractivity contribution is 6.33. The number of hydrogen-bond acceptors (Lipinski definition) is 5. The molecule has 3 amide bonds. The average molecular weight is 507 g/mol. The molecule has 3 aromatic rings. The Kier molecular flexibility index (Phi) is 9.59. The number of carbonyl (C=O) groups excluding carboxylic acids is 3. The quantitative estimate of drug-likeness (QED) is 0.282. The van der Waals surface area contributed by atoms with E-state index >= 15 is 0 Å². The summed E-state index contributed by atoms with van der Waals surface area (Å²) in [6.07, 6.45) is 1.47. The van der Waals surface area contributed by atoms with Crippen LogP contribution >= 0.6 is 11.6 Å². The SMILES string of the molecule is CC(C)C(NC(=O)c1ccccc1Cl)C(=O)N/N=C\c1ccc(OCC(=O)Nc2ccccc2)cc1. The van der Waals surface area contributed by atoms with Gasteiger partial charge in [0.05, 0.1) is 16.8 Å². The molecule has 9 heteroatoms. The number of nitrogens with zero attached hydrogens (tertiary/aromatic N) is 1. The van der Waals surface area contributed by atoms with Crippen molar-refractivity contribution in [2.75, 3.05) is 11.9 Å². The van der Waals surface area contributed by atoms with Crippen LogP contribution in [0.15, 0.2) is 84.0 Å². The number of nitrogens with one attached hydrogen (secondary N) is 3. The molecule has 0 bridgehead atoms. The fourth-order valence-corrected chi connectivity index (χ4v) is 3.38. The van der Waals surface area contributed by atoms with Gasteiger partial charge in [-0.1, -0.05) is 55.8 Å². The van der Waals surface area contributed by atoms with Gasteiger partial charge in [0.25, 0.3) is 17.7 Å². The zero-order valence-corrected chi connectivity index (χ0v) is 20.7. The van der Waals surface area contributed by atoms with Crippen LogP contribution in [0.4, 0.5) is 5.69 Å². The first-order chi connectivity index (χ1) is 17.3. The molecule has 186 valence electrons. The molecule has 0 saturated carbocycles. The first-order valence-electron chi connectivity index (χ1n) is 11.3. The van der Waals surface area contributed by atoms with Gasteiger partial charge >= 0.3 is 0 Å². The molecule has 0 aromatic heterocycles. The van der Waals surface area contributed by atoms with Gasteiger partial charge in [-0.25, -0.2) is 5.43 Å². The van der Waals surface area contributed by atoms with Crippen LogP contribution < -0.4 is 20.8 Å². The van der Waals surface area contributed by atoms with E-state index in [-0.39, 0.29) is 18.4 Å². The zero-order chi connectivity index (χ0) is 25.9. The first kappa shape index (κ1) is 26.4. The van der Waals surface area contributed by atoms with Crippen molar-refractivity contribution in [1.29, 1.82) is 0 Å². The maximum atomic E-state index is 12.6. The number of para-hydroxylation sites is 1. The van der Waals surface area contributed by atoms with Crippen LogP contribution in [0, 0.1) is 5.92 Å². The van der Waals surface area contributed by atoms with Crippen molar-refractivity contribution in [2.24, 2.45) is 11.0 Å². The normalized spacial score (nSPS) is 11.7. The Morgan fingerprint density at radius 2 is 1.61 bits per heavy atom. The molecular weight excluding hydrogens is 480 g/mol. The van der Waals surface area contributed by atoms with Crippen LogP contribution in [0.25, 0.3) is 0 Å². The molecule has 0 fully saturated rings. The van der Waals surface area contributed by atoms with E-state index < -0.39 is 17.9 Å². The van der Waals surface area contributed by atoms with E-state index in [1.54, 1.807) is 60.7 Å². The van der Waals surface area contributed by atoms with Crippen LogP contribution in [0.3, 0.4) is 0 Å². The fourth-order valence-electron chi connectivity index (χ4n) is 3.16. The van der Waals surface area contributed by atoms with E-state index in [0.29, 0.717) is 27.6 Å². The van der Waals surface area contributed by atoms with Gasteiger partial charge in [-0.2, -0.15) is 5.10 Å². The van der Waals surface area contributed by atoms with Crippen molar-refractivity contribution in [3.05, 3.63) is 95.0 Å². The minimum atomic E-state index is -0.802. The summed E-state index contributed by atoms with van der Waals surface area (Å²) in [4.78, 5) is 37.2. The van der Waals surface area contributed by atoms with Crippen LogP contribution in [-0.2, 0) is 9.59 Å². The van der Waals surface area contributed by atoms with Crippen molar-refractivity contribution in [2.45, 2.75) is 19.9 Å². The molecule has 3 aromatic carbocycles. The molecule has 0 spiro atoms. The molecule has 3 N–H and O–H groups in total. The summed E-state index contributed by atoms with van der Waals surface area (Å²) < 4.78 is 5.50. The Labute approximate surface area is 214 Å². The predicted molar refractivity (Wildman–Crippen MR) is 140 cm³/mol. The average Bonchev–Trinajstić information content (AvgIpc) is 2.87. The van der Waals surface area contributed by atoms with Crippen LogP contribution in [0.1, 0.15) is 29.8 Å². The van der Waals surface area contributed by atoms with E-state index in [9.17, 15) is 14.4 Å². The highest BCUT2D eigenvalue weighted by Crippen LogP contribution is 2.16. The highest BCUT2D eigenvalue weighted by Gasteiger charge is 2.25. The van der Waals surface area contributed by atoms with Crippen molar-refractivity contribution < 1.29 is 19.1 Å². The van der Waals surface area contributed by atoms with Gasteiger partial charge in [0.15, 0.2) is 6.61 Å². The van der Waals surface area contributed by atoms with Crippen LogP contribution in [0.5, 0.6) is 5.75 Å². The third-order valence-electron chi connectivity index (χ3n) is 5.05. The standard InChI is InChI=1S/C27H27ClN4O4/c1-18(2)25(31-26(34)22-10-6-7-11-23(22)28)27(35)32-29-16-19-12-14-21(15-13-19)36-17-24(33)30-20-8-4-3-5-9-20/h3-16,18,25H,17H2,1-2H3,(H,30,33)(H,31,34)(H,32,35)/b29-16-. The number of ether oxygens (including phenoxy) is 1. The number of hydrogen-bond donors (Lipinski definition) is 3. The van der Waals surface area contributed by atoms with Gasteiger partial charge in [-0.05, 0) is 60.0 Å². The maximum Gasteiger partial charge on any atom is 0.262 e. The number of hydrazone groups is 1. The Balaban J connectivity index is 1.49. The summed E-state index contributed by atoms with van der Waals surface area (Å²) in [5.74, 6) is -0.822. The Morgan fingerprint density at radius 3 is 2.28 bits per heavy atom. The van der Waals surface area contributed by atoms with E-state index in [0.717, 1.165) is 0 Å². The number of amides is 3. The molecule has 0 saturated heterocycles. The lowest BCUT2D eigenvalue weighted by Gasteiger charge is -2.20. The second-order valence-electron chi connectivity index (χ2n) is 8.18. The monoisotopic (exact) mass is 506 g/mol. The molecule has 36 heavy (non-hydrogen) atoms. The van der Waals surface area contributed by atoms with Crippen molar-refractivity contribution in [3.8, 4) is 5.75 Å². The number of benzene rings is 3. The largest absolute Gasteiger partial charge is 0.484 e. The second-order valence-corrected chi connectivity index (χ2v) is 8.59. The van der Waals surface area contributed by atoms with E-state index in [4.69, 9.17) is 16.3 Å². The first-order valence-corrected chi connectivity index (χ1v) is 11.7. The number of anilines is 1. The summed E-state index contributed by atoms with van der Waals surface area (Å²) in [7, 11) is 0. The van der Waals surface area contributed by atoms with Crippen molar-refractivity contribution in [3.63, 3.8) is 0 Å². The molecule has 8 nitrogen and oxygen atoms in total. The Morgan fingerprint density at radius 1 is 0.944 bits per heavy atom. The fraction of sp³-hybridized carbons (Fsp3) is 0.185. The molecule has 3 rings (SSSR count). The summed E-state index contributed by atoms with van der Waals surface area (Å²) in [6, 6.07) is 21.8. The summed E-state index contributed by atoms with van der Waals surface area (Å²) >= 11 is 6.08. The zero-order valence-electron chi connectivity index (χ0n) is 19.9. The lowest BCUT2D eigenvalue weighted by Crippen LogP contribution is -2.48. The molecule has 0 radical (unpaired) electrons. The van der Waals surface area contributed by atoms with Gasteiger partial charge in [0.1, 0.15) is 11.8 Å². The number of halogens is 1. The smallest absolute Gasteiger partial charge is 0.262 e. The maximum absolute atomic E-state index is 12.6. The topological polar surface area (TPSA) is 109 Å². The third-order valence-corrected chi connectivity index (χ3v) is 5.38. The van der Waals surface area contributed by atoms with E-state index in [2.05, 4.69) is 21.2 Å².